The van der Waals surface area contributed by atoms with Crippen LogP contribution in [0.1, 0.15) is 40.7 Å². The van der Waals surface area contributed by atoms with Crippen molar-refractivity contribution in [1.82, 2.24) is 15.0 Å². The van der Waals surface area contributed by atoms with Crippen molar-refractivity contribution in [1.29, 1.82) is 0 Å². The molecule has 10 nitrogen and oxygen atoms in total. The van der Waals surface area contributed by atoms with E-state index in [1.807, 2.05) is 49.4 Å². The number of aromatic nitrogens is 3. The predicted molar refractivity (Wildman–Crippen MR) is 156 cm³/mol. The number of ether oxygens (including phenoxy) is 2. The topological polar surface area (TPSA) is 114 Å². The van der Waals surface area contributed by atoms with E-state index in [0.29, 0.717) is 34.9 Å². The van der Waals surface area contributed by atoms with Gasteiger partial charge in [0.2, 0.25) is 17.8 Å². The summed E-state index contributed by atoms with van der Waals surface area (Å²) in [7, 11) is 1.52. The SMILES string of the molecule is COc1cc(/C=N\Nc2nc(Nc3ccccc3)nc(N3CCCCC3)n2)ccc1OC(=O)c1ccc(C)cc1. The van der Waals surface area contributed by atoms with Crippen molar-refractivity contribution >= 4 is 35.7 Å². The first-order valence-corrected chi connectivity index (χ1v) is 13.2. The van der Waals surface area contributed by atoms with Gasteiger partial charge in [-0.3, -0.25) is 0 Å². The van der Waals surface area contributed by atoms with E-state index in [1.54, 1.807) is 36.5 Å². The molecule has 0 bridgehead atoms. The lowest BCUT2D eigenvalue weighted by Crippen LogP contribution is -2.31. The fourth-order valence-electron chi connectivity index (χ4n) is 4.22. The number of piperidine rings is 1. The molecule has 2 N–H and O–H groups in total. The van der Waals surface area contributed by atoms with E-state index in [4.69, 9.17) is 9.47 Å². The molecule has 4 aromatic rings. The molecule has 0 saturated carbocycles. The number of para-hydroxylation sites is 1. The lowest BCUT2D eigenvalue weighted by Gasteiger charge is -2.26. The van der Waals surface area contributed by atoms with Gasteiger partial charge in [-0.1, -0.05) is 35.9 Å². The van der Waals surface area contributed by atoms with Gasteiger partial charge >= 0.3 is 5.97 Å². The minimum atomic E-state index is -0.458. The van der Waals surface area contributed by atoms with Crippen LogP contribution in [0.3, 0.4) is 0 Å². The summed E-state index contributed by atoms with van der Waals surface area (Å²) in [5.41, 5.74) is 6.06. The number of methoxy groups -OCH3 is 1. The number of hydrogen-bond acceptors (Lipinski definition) is 10. The van der Waals surface area contributed by atoms with E-state index in [0.717, 1.165) is 42.7 Å². The molecule has 1 aliphatic rings. The molecule has 0 radical (unpaired) electrons. The Balaban J connectivity index is 1.30. The van der Waals surface area contributed by atoms with Crippen LogP contribution in [0, 0.1) is 6.92 Å². The fourth-order valence-corrected chi connectivity index (χ4v) is 4.22. The summed E-state index contributed by atoms with van der Waals surface area (Å²) in [6, 6.07) is 22.1. The van der Waals surface area contributed by atoms with Gasteiger partial charge in [-0.15, -0.1) is 0 Å². The lowest BCUT2D eigenvalue weighted by atomic mass is 10.1. The van der Waals surface area contributed by atoms with Crippen LogP contribution in [0.2, 0.25) is 0 Å². The smallest absolute Gasteiger partial charge is 0.343 e. The summed E-state index contributed by atoms with van der Waals surface area (Å²) in [6.07, 6.45) is 5.03. The van der Waals surface area contributed by atoms with Crippen LogP contribution in [-0.2, 0) is 0 Å². The Morgan fingerprint density at radius 1 is 0.900 bits per heavy atom. The zero-order valence-electron chi connectivity index (χ0n) is 22.5. The Kier molecular flexibility index (Phi) is 8.45. The number of carbonyl (C=O) groups excluding carboxylic acids is 1. The van der Waals surface area contributed by atoms with Crippen molar-refractivity contribution in [2.75, 3.05) is 35.8 Å². The number of carbonyl (C=O) groups is 1. The minimum Gasteiger partial charge on any atom is -0.493 e. The molecule has 0 unspecified atom stereocenters. The third-order valence-electron chi connectivity index (χ3n) is 6.35. The summed E-state index contributed by atoms with van der Waals surface area (Å²) in [5.74, 6) is 1.62. The number of hydrazone groups is 1. The largest absolute Gasteiger partial charge is 0.493 e. The molecule has 0 amide bonds. The highest BCUT2D eigenvalue weighted by Gasteiger charge is 2.17. The average molecular weight is 538 g/mol. The quantitative estimate of drug-likeness (QED) is 0.122. The molecule has 0 spiro atoms. The maximum Gasteiger partial charge on any atom is 0.343 e. The van der Waals surface area contributed by atoms with E-state index < -0.39 is 5.97 Å². The zero-order chi connectivity index (χ0) is 27.7. The molecule has 3 aromatic carbocycles. The third kappa shape index (κ3) is 6.90. The molecule has 1 fully saturated rings. The molecule has 10 heteroatoms. The Labute approximate surface area is 233 Å². The van der Waals surface area contributed by atoms with Gasteiger partial charge in [0.25, 0.3) is 0 Å². The van der Waals surface area contributed by atoms with Crippen LogP contribution in [0.25, 0.3) is 0 Å². The van der Waals surface area contributed by atoms with Crippen molar-refractivity contribution in [3.05, 3.63) is 89.5 Å². The Morgan fingerprint density at radius 2 is 1.65 bits per heavy atom. The summed E-state index contributed by atoms with van der Waals surface area (Å²) >= 11 is 0. The first kappa shape index (κ1) is 26.6. The summed E-state index contributed by atoms with van der Waals surface area (Å²) in [4.78, 5) is 28.5. The van der Waals surface area contributed by atoms with Crippen LogP contribution in [0.4, 0.5) is 23.5 Å². The second-order valence-corrected chi connectivity index (χ2v) is 9.36. The third-order valence-corrected chi connectivity index (χ3v) is 6.35. The molecule has 2 heterocycles. The van der Waals surface area contributed by atoms with Gasteiger partial charge in [0.15, 0.2) is 11.5 Å². The van der Waals surface area contributed by atoms with E-state index in [2.05, 4.69) is 35.7 Å². The van der Waals surface area contributed by atoms with Crippen LogP contribution in [-0.4, -0.2) is 47.3 Å². The van der Waals surface area contributed by atoms with Crippen molar-refractivity contribution < 1.29 is 14.3 Å². The molecule has 1 aromatic heterocycles. The Bertz CT molecular complexity index is 1470. The zero-order valence-corrected chi connectivity index (χ0v) is 22.5. The lowest BCUT2D eigenvalue weighted by molar-refractivity contribution is 0.0729. The van der Waals surface area contributed by atoms with Crippen molar-refractivity contribution in [2.45, 2.75) is 26.2 Å². The van der Waals surface area contributed by atoms with Gasteiger partial charge in [0, 0.05) is 18.8 Å². The van der Waals surface area contributed by atoms with Gasteiger partial charge in [-0.25, -0.2) is 10.2 Å². The minimum absolute atomic E-state index is 0.318. The van der Waals surface area contributed by atoms with E-state index in [1.165, 1.54) is 13.5 Å². The molecule has 1 saturated heterocycles. The van der Waals surface area contributed by atoms with Crippen molar-refractivity contribution in [3.8, 4) is 11.5 Å². The summed E-state index contributed by atoms with van der Waals surface area (Å²) in [6.45, 7) is 3.76. The molecule has 5 rings (SSSR count). The van der Waals surface area contributed by atoms with Crippen LogP contribution in [0.5, 0.6) is 11.5 Å². The highest BCUT2D eigenvalue weighted by molar-refractivity contribution is 5.91. The maximum atomic E-state index is 12.6. The Morgan fingerprint density at radius 3 is 2.40 bits per heavy atom. The molecular formula is C30H31N7O3. The highest BCUT2D eigenvalue weighted by Crippen LogP contribution is 2.28. The maximum absolute atomic E-state index is 12.6. The second kappa shape index (κ2) is 12.7. The van der Waals surface area contributed by atoms with Crippen LogP contribution < -0.4 is 25.1 Å². The first-order valence-electron chi connectivity index (χ1n) is 13.2. The molecule has 204 valence electrons. The number of hydrogen-bond donors (Lipinski definition) is 2. The molecule has 0 atom stereocenters. The molecule has 0 aliphatic carbocycles. The van der Waals surface area contributed by atoms with Gasteiger partial charge in [0.05, 0.1) is 18.9 Å². The first-order chi connectivity index (χ1) is 19.6. The standard InChI is InChI=1S/C30H31N7O3/c1-21-11-14-23(15-12-21)27(38)40-25-16-13-22(19-26(25)39-2)20-31-36-29-33-28(32-24-9-5-3-6-10-24)34-30(35-29)37-17-7-4-8-18-37/h3,5-6,9-16,19-20H,4,7-8,17-18H2,1-2H3,(H2,32,33,34,35,36)/b31-20-. The van der Waals surface area contributed by atoms with Crippen LogP contribution >= 0.6 is 0 Å². The highest BCUT2D eigenvalue weighted by atomic mass is 16.6. The van der Waals surface area contributed by atoms with E-state index in [9.17, 15) is 4.79 Å². The van der Waals surface area contributed by atoms with Gasteiger partial charge in [-0.2, -0.15) is 20.1 Å². The molecule has 40 heavy (non-hydrogen) atoms. The Hall–Kier alpha value is -4.99. The number of esters is 1. The number of rotatable bonds is 9. The second-order valence-electron chi connectivity index (χ2n) is 9.36. The number of nitrogens with zero attached hydrogens (tertiary/aromatic N) is 5. The van der Waals surface area contributed by atoms with Gasteiger partial charge in [-0.05, 0) is 74.2 Å². The van der Waals surface area contributed by atoms with E-state index >= 15 is 0 Å². The number of anilines is 4. The van der Waals surface area contributed by atoms with Crippen LogP contribution in [0.15, 0.2) is 77.9 Å². The predicted octanol–water partition coefficient (Wildman–Crippen LogP) is 5.59. The monoisotopic (exact) mass is 537 g/mol. The number of nitrogens with one attached hydrogen (secondary N) is 2. The van der Waals surface area contributed by atoms with Gasteiger partial charge < -0.3 is 19.7 Å². The van der Waals surface area contributed by atoms with Gasteiger partial charge in [0.1, 0.15) is 0 Å². The average Bonchev–Trinajstić information content (AvgIpc) is 2.99. The van der Waals surface area contributed by atoms with Crippen molar-refractivity contribution in [3.63, 3.8) is 0 Å². The summed E-state index contributed by atoms with van der Waals surface area (Å²) < 4.78 is 11.0. The normalized spacial score (nSPS) is 13.2. The molecular weight excluding hydrogens is 506 g/mol. The fraction of sp³-hybridized carbons (Fsp3) is 0.233. The van der Waals surface area contributed by atoms with Crippen molar-refractivity contribution in [2.24, 2.45) is 5.10 Å². The summed E-state index contributed by atoms with van der Waals surface area (Å²) in [5, 5.41) is 7.58. The number of aryl methyl sites for hydroxylation is 1. The number of benzene rings is 3. The molecule has 1 aliphatic heterocycles. The van der Waals surface area contributed by atoms with E-state index in [-0.39, 0.29) is 0 Å².